The van der Waals surface area contributed by atoms with Crippen LogP contribution in [0, 0.1) is 0 Å². The maximum atomic E-state index is 11.3. The van der Waals surface area contributed by atoms with E-state index in [0.717, 1.165) is 24.4 Å². The van der Waals surface area contributed by atoms with Crippen molar-refractivity contribution in [3.63, 3.8) is 0 Å². The Balaban J connectivity index is 2.31. The van der Waals surface area contributed by atoms with Gasteiger partial charge in [-0.1, -0.05) is 13.8 Å². The Labute approximate surface area is 83.3 Å². The molecule has 0 aromatic carbocycles. The molecule has 0 radical (unpaired) electrons. The van der Waals surface area contributed by atoms with Crippen molar-refractivity contribution in [1.82, 2.24) is 15.1 Å². The topological polar surface area (TPSA) is 46.9 Å². The predicted molar refractivity (Wildman–Crippen MR) is 53.0 cm³/mol. The summed E-state index contributed by atoms with van der Waals surface area (Å²) in [6.07, 6.45) is 0.880. The van der Waals surface area contributed by atoms with Crippen LogP contribution in [0.1, 0.15) is 31.2 Å². The number of rotatable bonds is 1. The zero-order chi connectivity index (χ0) is 10.1. The molecule has 14 heavy (non-hydrogen) atoms. The number of aromatic nitrogens is 2. The Hall–Kier alpha value is -1.32. The van der Waals surface area contributed by atoms with Gasteiger partial charge in [-0.25, -0.2) is 0 Å². The van der Waals surface area contributed by atoms with E-state index in [9.17, 15) is 4.79 Å². The van der Waals surface area contributed by atoms with Gasteiger partial charge in [0.15, 0.2) is 0 Å². The number of nitrogens with zero attached hydrogens (tertiary/aromatic N) is 2. The molecule has 1 aromatic heterocycles. The second-order valence-corrected chi connectivity index (χ2v) is 3.97. The maximum absolute atomic E-state index is 11.3. The molecule has 0 spiro atoms. The van der Waals surface area contributed by atoms with E-state index in [-0.39, 0.29) is 5.91 Å². The third-order valence-corrected chi connectivity index (χ3v) is 2.47. The van der Waals surface area contributed by atoms with Gasteiger partial charge in [0.2, 0.25) is 5.91 Å². The molecule has 4 nitrogen and oxygen atoms in total. The van der Waals surface area contributed by atoms with Crippen molar-refractivity contribution in [2.24, 2.45) is 0 Å². The first-order valence-corrected chi connectivity index (χ1v) is 5.00. The summed E-state index contributed by atoms with van der Waals surface area (Å²) in [6, 6.07) is 2.10. The summed E-state index contributed by atoms with van der Waals surface area (Å²) >= 11 is 0. The first-order valence-electron chi connectivity index (χ1n) is 5.00. The molecule has 1 aliphatic heterocycles. The first kappa shape index (κ1) is 9.24. The molecule has 0 atom stereocenters. The van der Waals surface area contributed by atoms with Crippen LogP contribution >= 0.6 is 0 Å². The van der Waals surface area contributed by atoms with Crippen LogP contribution in [-0.2, 0) is 17.8 Å². The zero-order valence-corrected chi connectivity index (χ0v) is 8.58. The van der Waals surface area contributed by atoms with Crippen LogP contribution in [0.15, 0.2) is 6.07 Å². The van der Waals surface area contributed by atoms with Crippen molar-refractivity contribution in [2.75, 3.05) is 6.54 Å². The van der Waals surface area contributed by atoms with Gasteiger partial charge in [0.05, 0.1) is 5.69 Å². The highest BCUT2D eigenvalue weighted by Gasteiger charge is 2.15. The van der Waals surface area contributed by atoms with Gasteiger partial charge in [-0.15, -0.1) is 0 Å². The van der Waals surface area contributed by atoms with Crippen LogP contribution in [0.2, 0.25) is 0 Å². The lowest BCUT2D eigenvalue weighted by Crippen LogP contribution is -2.26. The molecule has 0 bridgehead atoms. The summed E-state index contributed by atoms with van der Waals surface area (Å²) in [7, 11) is 0. The highest BCUT2D eigenvalue weighted by molar-refractivity contribution is 5.76. The SMILES string of the molecule is CC(C)c1cc2n(n1)CC(=O)NCC2. The van der Waals surface area contributed by atoms with Crippen molar-refractivity contribution >= 4 is 5.91 Å². The van der Waals surface area contributed by atoms with Gasteiger partial charge in [0, 0.05) is 18.7 Å². The minimum absolute atomic E-state index is 0.0576. The summed E-state index contributed by atoms with van der Waals surface area (Å²) in [5, 5.41) is 7.24. The van der Waals surface area contributed by atoms with Crippen molar-refractivity contribution in [3.8, 4) is 0 Å². The van der Waals surface area contributed by atoms with E-state index in [2.05, 4.69) is 30.3 Å². The second kappa shape index (κ2) is 3.44. The third-order valence-electron chi connectivity index (χ3n) is 2.47. The van der Waals surface area contributed by atoms with E-state index in [1.807, 2.05) is 4.68 Å². The fourth-order valence-electron chi connectivity index (χ4n) is 1.62. The number of amides is 1. The summed E-state index contributed by atoms with van der Waals surface area (Å²) in [6.45, 7) is 5.31. The third kappa shape index (κ3) is 1.64. The Morgan fingerprint density at radius 2 is 2.36 bits per heavy atom. The number of hydrogen-bond acceptors (Lipinski definition) is 2. The monoisotopic (exact) mass is 193 g/mol. The van der Waals surface area contributed by atoms with E-state index >= 15 is 0 Å². The van der Waals surface area contributed by atoms with Gasteiger partial charge in [0.1, 0.15) is 6.54 Å². The summed E-state index contributed by atoms with van der Waals surface area (Å²) in [4.78, 5) is 11.3. The molecular formula is C10H15N3O. The minimum Gasteiger partial charge on any atom is -0.354 e. The largest absolute Gasteiger partial charge is 0.354 e. The quantitative estimate of drug-likeness (QED) is 0.713. The van der Waals surface area contributed by atoms with Crippen molar-refractivity contribution in [2.45, 2.75) is 32.7 Å². The fourth-order valence-corrected chi connectivity index (χ4v) is 1.62. The lowest BCUT2D eigenvalue weighted by molar-refractivity contribution is -0.121. The molecule has 2 heterocycles. The standard InChI is InChI=1S/C10H15N3O/c1-7(2)9-5-8-3-4-11-10(14)6-13(8)12-9/h5,7H,3-4,6H2,1-2H3,(H,11,14). The molecular weight excluding hydrogens is 178 g/mol. The van der Waals surface area contributed by atoms with Gasteiger partial charge >= 0.3 is 0 Å². The molecule has 1 aliphatic rings. The molecule has 2 rings (SSSR count). The Bertz CT molecular complexity index is 354. The molecule has 0 unspecified atom stereocenters. The molecule has 0 saturated carbocycles. The van der Waals surface area contributed by atoms with E-state index < -0.39 is 0 Å². The van der Waals surface area contributed by atoms with E-state index in [1.165, 1.54) is 0 Å². The normalized spacial score (nSPS) is 16.4. The number of fused-ring (bicyclic) bond motifs is 1. The van der Waals surface area contributed by atoms with Crippen molar-refractivity contribution in [3.05, 3.63) is 17.5 Å². The van der Waals surface area contributed by atoms with Crippen LogP contribution < -0.4 is 5.32 Å². The zero-order valence-electron chi connectivity index (χ0n) is 8.58. The van der Waals surface area contributed by atoms with Gasteiger partial charge < -0.3 is 5.32 Å². The van der Waals surface area contributed by atoms with Crippen LogP contribution in [0.5, 0.6) is 0 Å². The Kier molecular flexibility index (Phi) is 2.27. The highest BCUT2D eigenvalue weighted by atomic mass is 16.2. The lowest BCUT2D eigenvalue weighted by atomic mass is 10.1. The van der Waals surface area contributed by atoms with Crippen molar-refractivity contribution < 1.29 is 4.79 Å². The van der Waals surface area contributed by atoms with E-state index in [1.54, 1.807) is 0 Å². The number of nitrogens with one attached hydrogen (secondary N) is 1. The smallest absolute Gasteiger partial charge is 0.241 e. The van der Waals surface area contributed by atoms with Crippen LogP contribution in [0.25, 0.3) is 0 Å². The first-order chi connectivity index (χ1) is 6.66. The minimum atomic E-state index is 0.0576. The van der Waals surface area contributed by atoms with Gasteiger partial charge in [-0.3, -0.25) is 9.48 Å². The molecule has 1 amide bonds. The number of carbonyl (C=O) groups excluding carboxylic acids is 1. The molecule has 1 N–H and O–H groups in total. The van der Waals surface area contributed by atoms with Gasteiger partial charge in [-0.05, 0) is 12.0 Å². The predicted octanol–water partition coefficient (Wildman–Crippen LogP) is 0.679. The summed E-state index contributed by atoms with van der Waals surface area (Å²) < 4.78 is 1.82. The summed E-state index contributed by atoms with van der Waals surface area (Å²) in [5.74, 6) is 0.486. The summed E-state index contributed by atoms with van der Waals surface area (Å²) in [5.41, 5.74) is 2.24. The number of hydrogen-bond donors (Lipinski definition) is 1. The van der Waals surface area contributed by atoms with E-state index in [0.29, 0.717) is 12.5 Å². The molecule has 1 aromatic rings. The molecule has 0 aliphatic carbocycles. The average Bonchev–Trinajstić information content (AvgIpc) is 2.42. The van der Waals surface area contributed by atoms with Crippen molar-refractivity contribution in [1.29, 1.82) is 0 Å². The Morgan fingerprint density at radius 3 is 3.07 bits per heavy atom. The average molecular weight is 193 g/mol. The Morgan fingerprint density at radius 1 is 1.57 bits per heavy atom. The number of carbonyl (C=O) groups is 1. The van der Waals surface area contributed by atoms with Crippen LogP contribution in [0.3, 0.4) is 0 Å². The van der Waals surface area contributed by atoms with Gasteiger partial charge in [0.25, 0.3) is 0 Å². The lowest BCUT2D eigenvalue weighted by Gasteiger charge is -2.00. The second-order valence-electron chi connectivity index (χ2n) is 3.97. The van der Waals surface area contributed by atoms with Gasteiger partial charge in [-0.2, -0.15) is 5.10 Å². The fraction of sp³-hybridized carbons (Fsp3) is 0.600. The molecule has 0 saturated heterocycles. The molecule has 4 heteroatoms. The van der Waals surface area contributed by atoms with Crippen LogP contribution in [0.4, 0.5) is 0 Å². The molecule has 0 fully saturated rings. The maximum Gasteiger partial charge on any atom is 0.241 e. The molecule has 76 valence electrons. The van der Waals surface area contributed by atoms with Crippen LogP contribution in [-0.4, -0.2) is 22.2 Å². The van der Waals surface area contributed by atoms with E-state index in [4.69, 9.17) is 0 Å². The highest BCUT2D eigenvalue weighted by Crippen LogP contribution is 2.15.